The zero-order valence-electron chi connectivity index (χ0n) is 14.4. The molecule has 6 heteroatoms. The predicted octanol–water partition coefficient (Wildman–Crippen LogP) is 3.22. The first-order chi connectivity index (χ1) is 13.3. The van der Waals surface area contributed by atoms with Crippen LogP contribution in [0.15, 0.2) is 67.1 Å². The Morgan fingerprint density at radius 1 is 1.15 bits per heavy atom. The van der Waals surface area contributed by atoms with Gasteiger partial charge in [0.2, 0.25) is 0 Å². The second-order valence-electron chi connectivity index (χ2n) is 6.42. The second-order valence-corrected chi connectivity index (χ2v) is 6.42. The van der Waals surface area contributed by atoms with Crippen LogP contribution in [-0.4, -0.2) is 20.5 Å². The van der Waals surface area contributed by atoms with Gasteiger partial charge in [-0.15, -0.1) is 0 Å². The average molecular weight is 356 g/mol. The number of aromatic nitrogens is 3. The molecule has 0 saturated carbocycles. The van der Waals surface area contributed by atoms with Crippen molar-refractivity contribution in [3.8, 4) is 16.9 Å². The molecule has 0 unspecified atom stereocenters. The molecule has 1 aliphatic rings. The van der Waals surface area contributed by atoms with E-state index >= 15 is 0 Å². The highest BCUT2D eigenvalue weighted by Crippen LogP contribution is 2.37. The van der Waals surface area contributed by atoms with Crippen LogP contribution in [0.1, 0.15) is 21.6 Å². The lowest BCUT2D eigenvalue weighted by Crippen LogP contribution is -2.23. The van der Waals surface area contributed by atoms with Crippen molar-refractivity contribution >= 4 is 11.4 Å². The monoisotopic (exact) mass is 356 g/mol. The maximum Gasteiger partial charge on any atom is 0.251 e. The van der Waals surface area contributed by atoms with E-state index in [0.29, 0.717) is 24.5 Å². The zero-order chi connectivity index (χ0) is 18.2. The Balaban J connectivity index is 1.35. The van der Waals surface area contributed by atoms with Crippen molar-refractivity contribution in [2.24, 2.45) is 0 Å². The lowest BCUT2D eigenvalue weighted by atomic mass is 9.97. The van der Waals surface area contributed by atoms with Gasteiger partial charge in [-0.05, 0) is 48.0 Å². The van der Waals surface area contributed by atoms with Gasteiger partial charge < -0.3 is 10.1 Å². The Morgan fingerprint density at radius 3 is 3.04 bits per heavy atom. The fourth-order valence-corrected chi connectivity index (χ4v) is 3.32. The normalized spacial score (nSPS) is 12.1. The van der Waals surface area contributed by atoms with E-state index in [1.807, 2.05) is 54.9 Å². The van der Waals surface area contributed by atoms with Gasteiger partial charge in [0, 0.05) is 35.3 Å². The Kier molecular flexibility index (Phi) is 3.60. The van der Waals surface area contributed by atoms with Crippen molar-refractivity contribution in [1.82, 2.24) is 19.9 Å². The summed E-state index contributed by atoms with van der Waals surface area (Å²) in [6.07, 6.45) is 5.46. The Bertz CT molecular complexity index is 1130. The number of carbonyl (C=O) groups is 1. The molecule has 0 saturated heterocycles. The highest BCUT2D eigenvalue weighted by Gasteiger charge is 2.19. The van der Waals surface area contributed by atoms with E-state index < -0.39 is 0 Å². The van der Waals surface area contributed by atoms with Crippen molar-refractivity contribution in [3.63, 3.8) is 0 Å². The van der Waals surface area contributed by atoms with Gasteiger partial charge in [0.15, 0.2) is 0 Å². The van der Waals surface area contributed by atoms with Crippen molar-refractivity contribution in [1.29, 1.82) is 0 Å². The van der Waals surface area contributed by atoms with E-state index in [4.69, 9.17) is 4.74 Å². The number of pyridine rings is 2. The first kappa shape index (κ1) is 15.6. The number of hydrogen-bond acceptors (Lipinski definition) is 4. The van der Waals surface area contributed by atoms with E-state index in [9.17, 15) is 4.79 Å². The average Bonchev–Trinajstić information content (AvgIpc) is 3.14. The lowest BCUT2D eigenvalue weighted by molar-refractivity contribution is 0.0950. The highest BCUT2D eigenvalue weighted by molar-refractivity contribution is 5.95. The Labute approximate surface area is 155 Å². The van der Waals surface area contributed by atoms with Crippen LogP contribution >= 0.6 is 0 Å². The van der Waals surface area contributed by atoms with Crippen LogP contribution in [0.3, 0.4) is 0 Å². The summed E-state index contributed by atoms with van der Waals surface area (Å²) in [7, 11) is 0. The molecule has 4 aromatic rings. The van der Waals surface area contributed by atoms with Gasteiger partial charge in [-0.3, -0.25) is 9.78 Å². The Morgan fingerprint density at radius 2 is 2.11 bits per heavy atom. The molecule has 0 radical (unpaired) electrons. The fourth-order valence-electron chi connectivity index (χ4n) is 3.32. The van der Waals surface area contributed by atoms with Gasteiger partial charge >= 0.3 is 0 Å². The molecule has 132 valence electrons. The molecule has 0 bridgehead atoms. The quantitative estimate of drug-likeness (QED) is 0.612. The van der Waals surface area contributed by atoms with Crippen LogP contribution in [0.4, 0.5) is 0 Å². The summed E-state index contributed by atoms with van der Waals surface area (Å²) >= 11 is 0. The number of hydrogen-bond donors (Lipinski definition) is 1. The van der Waals surface area contributed by atoms with E-state index in [0.717, 1.165) is 27.9 Å². The van der Waals surface area contributed by atoms with Crippen LogP contribution < -0.4 is 10.1 Å². The van der Waals surface area contributed by atoms with Crippen molar-refractivity contribution in [2.45, 2.75) is 13.2 Å². The van der Waals surface area contributed by atoms with E-state index in [2.05, 4.69) is 15.4 Å². The van der Waals surface area contributed by atoms with Gasteiger partial charge in [0.25, 0.3) is 5.91 Å². The summed E-state index contributed by atoms with van der Waals surface area (Å²) in [4.78, 5) is 16.7. The van der Waals surface area contributed by atoms with Gasteiger partial charge in [-0.25, -0.2) is 4.52 Å². The van der Waals surface area contributed by atoms with Crippen molar-refractivity contribution in [2.75, 3.05) is 0 Å². The van der Waals surface area contributed by atoms with Crippen LogP contribution in [0.25, 0.3) is 16.6 Å². The molecule has 4 heterocycles. The number of benzene rings is 1. The van der Waals surface area contributed by atoms with Gasteiger partial charge in [-0.2, -0.15) is 5.10 Å². The third-order valence-corrected chi connectivity index (χ3v) is 4.67. The van der Waals surface area contributed by atoms with Crippen LogP contribution in [0.2, 0.25) is 0 Å². The van der Waals surface area contributed by atoms with Gasteiger partial charge in [0.05, 0.1) is 17.8 Å². The SMILES string of the molecule is O=C(NCc1cc2ccccn2n1)c1ccc2c(c1)OCc1cnccc1-2. The third kappa shape index (κ3) is 2.81. The maximum absolute atomic E-state index is 12.6. The van der Waals surface area contributed by atoms with Crippen molar-refractivity contribution in [3.05, 3.63) is 83.9 Å². The molecule has 1 N–H and O–H groups in total. The zero-order valence-corrected chi connectivity index (χ0v) is 14.4. The minimum atomic E-state index is -0.154. The topological polar surface area (TPSA) is 68.5 Å². The van der Waals surface area contributed by atoms with Crippen molar-refractivity contribution < 1.29 is 9.53 Å². The molecular formula is C21H16N4O2. The first-order valence-electron chi connectivity index (χ1n) is 8.69. The fraction of sp³-hybridized carbons (Fsp3) is 0.0952. The molecule has 0 spiro atoms. The summed E-state index contributed by atoms with van der Waals surface area (Å²) in [5.41, 5.74) is 5.50. The standard InChI is InChI=1S/C21H16N4O2/c26-21(23-12-16-10-17-3-1-2-8-25(17)24-16)14-4-5-19-18-6-7-22-11-15(18)13-27-20(19)9-14/h1-11H,12-13H2,(H,23,26). The summed E-state index contributed by atoms with van der Waals surface area (Å²) < 4.78 is 7.60. The number of rotatable bonds is 3. The molecule has 0 atom stereocenters. The van der Waals surface area contributed by atoms with E-state index in [1.165, 1.54) is 0 Å². The summed E-state index contributed by atoms with van der Waals surface area (Å²) in [5.74, 6) is 0.563. The number of nitrogens with one attached hydrogen (secondary N) is 1. The molecule has 1 aromatic carbocycles. The van der Waals surface area contributed by atoms with E-state index in [-0.39, 0.29) is 5.91 Å². The number of nitrogens with zero attached hydrogens (tertiary/aromatic N) is 3. The molecule has 0 fully saturated rings. The smallest absolute Gasteiger partial charge is 0.251 e. The number of fused-ring (bicyclic) bond motifs is 4. The maximum atomic E-state index is 12.6. The molecule has 1 amide bonds. The minimum absolute atomic E-state index is 0.154. The Hall–Kier alpha value is -3.67. The number of carbonyl (C=O) groups excluding carboxylic acids is 1. The molecule has 5 rings (SSSR count). The molecule has 0 aliphatic carbocycles. The van der Waals surface area contributed by atoms with Gasteiger partial charge in [0.1, 0.15) is 12.4 Å². The van der Waals surface area contributed by atoms with E-state index in [1.54, 1.807) is 16.8 Å². The molecule has 1 aliphatic heterocycles. The summed E-state index contributed by atoms with van der Waals surface area (Å²) in [6.45, 7) is 0.829. The minimum Gasteiger partial charge on any atom is -0.488 e. The summed E-state index contributed by atoms with van der Waals surface area (Å²) in [6, 6.07) is 15.3. The van der Waals surface area contributed by atoms with Gasteiger partial charge in [-0.1, -0.05) is 6.07 Å². The third-order valence-electron chi connectivity index (χ3n) is 4.67. The summed E-state index contributed by atoms with van der Waals surface area (Å²) in [5, 5.41) is 7.37. The predicted molar refractivity (Wildman–Crippen MR) is 100 cm³/mol. The van der Waals surface area contributed by atoms with Crippen LogP contribution in [0, 0.1) is 0 Å². The molecular weight excluding hydrogens is 340 g/mol. The molecule has 27 heavy (non-hydrogen) atoms. The number of ether oxygens (including phenoxy) is 1. The largest absolute Gasteiger partial charge is 0.488 e. The van der Waals surface area contributed by atoms with Crippen LogP contribution in [-0.2, 0) is 13.2 Å². The molecule has 3 aromatic heterocycles. The molecule has 6 nitrogen and oxygen atoms in total. The number of amides is 1. The lowest BCUT2D eigenvalue weighted by Gasteiger charge is -2.20. The van der Waals surface area contributed by atoms with Crippen LogP contribution in [0.5, 0.6) is 5.75 Å². The first-order valence-corrected chi connectivity index (χ1v) is 8.69. The second kappa shape index (κ2) is 6.25. The highest BCUT2D eigenvalue weighted by atomic mass is 16.5.